The van der Waals surface area contributed by atoms with Crippen molar-refractivity contribution in [2.45, 2.75) is 31.5 Å². The first-order valence-electron chi connectivity index (χ1n) is 9.50. The van der Waals surface area contributed by atoms with Crippen LogP contribution in [0.3, 0.4) is 0 Å². The van der Waals surface area contributed by atoms with Crippen LogP contribution in [0.4, 0.5) is 0 Å². The molecule has 0 bridgehead atoms. The summed E-state index contributed by atoms with van der Waals surface area (Å²) in [4.78, 5) is 6.17. The zero-order chi connectivity index (χ0) is 18.4. The smallest absolute Gasteiger partial charge is 0.174 e. The molecule has 3 aromatic rings. The average Bonchev–Trinajstić information content (AvgIpc) is 3.37. The third-order valence-corrected chi connectivity index (χ3v) is 6.74. The number of piperidine rings is 1. The molecule has 0 aromatic carbocycles. The van der Waals surface area contributed by atoms with Gasteiger partial charge in [0.25, 0.3) is 0 Å². The van der Waals surface area contributed by atoms with Gasteiger partial charge in [-0.25, -0.2) is 0 Å². The number of rotatable bonds is 3. The van der Waals surface area contributed by atoms with Crippen LogP contribution in [-0.4, -0.2) is 61.0 Å². The van der Waals surface area contributed by atoms with Crippen molar-refractivity contribution in [3.8, 4) is 10.7 Å². The van der Waals surface area contributed by atoms with Gasteiger partial charge in [-0.05, 0) is 31.3 Å². The summed E-state index contributed by atoms with van der Waals surface area (Å²) in [6.45, 7) is 5.09. The lowest BCUT2D eigenvalue weighted by atomic mass is 9.84. The Hall–Kier alpha value is -2.03. The zero-order valence-corrected chi connectivity index (χ0v) is 16.7. The third-order valence-electron chi connectivity index (χ3n) is 5.87. The van der Waals surface area contributed by atoms with Crippen LogP contribution in [0.15, 0.2) is 29.9 Å². The standard InChI is InChI=1S/C19H25N7S/c1-23-13-17-21-22-18(16-4-3-9-27-16)26(17)19(14-23)5-7-25(8-6-19)12-15-10-20-24(2)11-15/h3-4,9-11H,5-8,12-14H2,1-2H3. The van der Waals surface area contributed by atoms with E-state index in [4.69, 9.17) is 0 Å². The highest BCUT2D eigenvalue weighted by Gasteiger charge is 2.43. The molecule has 27 heavy (non-hydrogen) atoms. The first-order chi connectivity index (χ1) is 13.1. The van der Waals surface area contributed by atoms with Crippen LogP contribution in [0.25, 0.3) is 10.7 Å². The van der Waals surface area contributed by atoms with Crippen molar-refractivity contribution in [1.82, 2.24) is 34.3 Å². The topological polar surface area (TPSA) is 55.0 Å². The molecule has 0 amide bonds. The van der Waals surface area contributed by atoms with Gasteiger partial charge in [-0.1, -0.05) is 6.07 Å². The summed E-state index contributed by atoms with van der Waals surface area (Å²) in [5, 5.41) is 15.6. The Labute approximate surface area is 163 Å². The van der Waals surface area contributed by atoms with Gasteiger partial charge in [-0.3, -0.25) is 14.5 Å². The van der Waals surface area contributed by atoms with Crippen molar-refractivity contribution in [1.29, 1.82) is 0 Å². The molecule has 142 valence electrons. The van der Waals surface area contributed by atoms with Crippen molar-refractivity contribution in [2.24, 2.45) is 7.05 Å². The molecule has 3 aromatic heterocycles. The van der Waals surface area contributed by atoms with E-state index < -0.39 is 0 Å². The fourth-order valence-electron chi connectivity index (χ4n) is 4.67. The maximum Gasteiger partial charge on any atom is 0.174 e. The molecule has 0 radical (unpaired) electrons. The minimum Gasteiger partial charge on any atom is -0.302 e. The fraction of sp³-hybridized carbons (Fsp3) is 0.526. The normalized spacial score (nSPS) is 20.2. The maximum absolute atomic E-state index is 4.59. The van der Waals surface area contributed by atoms with E-state index in [-0.39, 0.29) is 5.54 Å². The summed E-state index contributed by atoms with van der Waals surface area (Å²) in [7, 11) is 4.18. The summed E-state index contributed by atoms with van der Waals surface area (Å²) < 4.78 is 4.36. The van der Waals surface area contributed by atoms with Gasteiger partial charge < -0.3 is 4.57 Å². The van der Waals surface area contributed by atoms with Gasteiger partial charge in [0.15, 0.2) is 5.82 Å². The molecule has 0 unspecified atom stereocenters. The Morgan fingerprint density at radius 2 is 2.04 bits per heavy atom. The predicted molar refractivity (Wildman–Crippen MR) is 105 cm³/mol. The van der Waals surface area contributed by atoms with Crippen LogP contribution in [0.2, 0.25) is 0 Å². The van der Waals surface area contributed by atoms with Gasteiger partial charge in [0.2, 0.25) is 0 Å². The first kappa shape index (κ1) is 17.1. The molecule has 2 aliphatic heterocycles. The lowest BCUT2D eigenvalue weighted by molar-refractivity contribution is 0.0491. The molecule has 0 N–H and O–H groups in total. The second kappa shape index (κ2) is 6.54. The molecule has 5 heterocycles. The van der Waals surface area contributed by atoms with Gasteiger partial charge in [0, 0.05) is 45.0 Å². The maximum atomic E-state index is 4.59. The zero-order valence-electron chi connectivity index (χ0n) is 15.9. The number of aromatic nitrogens is 5. The molecular weight excluding hydrogens is 358 g/mol. The van der Waals surface area contributed by atoms with Crippen molar-refractivity contribution in [2.75, 3.05) is 26.7 Å². The largest absolute Gasteiger partial charge is 0.302 e. The summed E-state index contributed by atoms with van der Waals surface area (Å²) in [6.07, 6.45) is 6.35. The van der Waals surface area contributed by atoms with E-state index in [1.54, 1.807) is 11.3 Å². The van der Waals surface area contributed by atoms with Crippen LogP contribution in [0.1, 0.15) is 24.2 Å². The van der Waals surface area contributed by atoms with Crippen LogP contribution in [-0.2, 0) is 25.7 Å². The lowest BCUT2D eigenvalue weighted by Crippen LogP contribution is -2.55. The molecule has 7 nitrogen and oxygen atoms in total. The van der Waals surface area contributed by atoms with E-state index in [0.717, 1.165) is 57.2 Å². The van der Waals surface area contributed by atoms with E-state index in [0.29, 0.717) is 0 Å². The highest BCUT2D eigenvalue weighted by Crippen LogP contribution is 2.39. The molecular formula is C19H25N7S. The molecule has 2 aliphatic rings. The molecule has 8 heteroatoms. The highest BCUT2D eigenvalue weighted by molar-refractivity contribution is 7.13. The van der Waals surface area contributed by atoms with E-state index in [1.165, 1.54) is 10.4 Å². The summed E-state index contributed by atoms with van der Waals surface area (Å²) in [5.74, 6) is 2.15. The van der Waals surface area contributed by atoms with Gasteiger partial charge >= 0.3 is 0 Å². The van der Waals surface area contributed by atoms with E-state index in [9.17, 15) is 0 Å². The van der Waals surface area contributed by atoms with Crippen molar-refractivity contribution < 1.29 is 0 Å². The van der Waals surface area contributed by atoms with Crippen LogP contribution in [0, 0.1) is 0 Å². The first-order valence-corrected chi connectivity index (χ1v) is 10.4. The average molecular weight is 384 g/mol. The number of thiophene rings is 1. The highest BCUT2D eigenvalue weighted by atomic mass is 32.1. The Morgan fingerprint density at radius 1 is 1.19 bits per heavy atom. The molecule has 0 aliphatic carbocycles. The Morgan fingerprint density at radius 3 is 2.74 bits per heavy atom. The Kier molecular flexibility index (Phi) is 4.14. The minimum absolute atomic E-state index is 0.0938. The quantitative estimate of drug-likeness (QED) is 0.694. The second-order valence-electron chi connectivity index (χ2n) is 7.95. The summed E-state index contributed by atoms with van der Waals surface area (Å²) in [5.41, 5.74) is 1.38. The number of fused-ring (bicyclic) bond motifs is 2. The molecule has 5 rings (SSSR count). The van der Waals surface area contributed by atoms with Gasteiger partial charge in [0.1, 0.15) is 5.82 Å². The number of likely N-dealkylation sites (N-methyl/N-ethyl adjacent to an activating group) is 1. The van der Waals surface area contributed by atoms with Crippen LogP contribution >= 0.6 is 11.3 Å². The van der Waals surface area contributed by atoms with E-state index in [1.807, 2.05) is 17.9 Å². The summed E-state index contributed by atoms with van der Waals surface area (Å²) in [6, 6.07) is 4.26. The second-order valence-corrected chi connectivity index (χ2v) is 8.90. The molecule has 0 atom stereocenters. The summed E-state index contributed by atoms with van der Waals surface area (Å²) >= 11 is 1.75. The minimum atomic E-state index is 0.0938. The van der Waals surface area contributed by atoms with Gasteiger partial charge in [0.05, 0.1) is 23.2 Å². The number of likely N-dealkylation sites (tertiary alicyclic amines) is 1. The monoisotopic (exact) mass is 383 g/mol. The van der Waals surface area contributed by atoms with Crippen molar-refractivity contribution >= 4 is 11.3 Å². The molecule has 1 fully saturated rings. The van der Waals surface area contributed by atoms with Crippen molar-refractivity contribution in [3.63, 3.8) is 0 Å². The SMILES string of the molecule is CN1Cc2nnc(-c3cccs3)n2C2(CCN(Cc3cnn(C)c3)CC2)C1. The van der Waals surface area contributed by atoms with E-state index in [2.05, 4.69) is 60.4 Å². The third kappa shape index (κ3) is 3.01. The van der Waals surface area contributed by atoms with Crippen LogP contribution < -0.4 is 0 Å². The Bertz CT molecular complexity index is 918. The number of nitrogens with zero attached hydrogens (tertiary/aromatic N) is 7. The fourth-order valence-corrected chi connectivity index (χ4v) is 5.37. The van der Waals surface area contributed by atoms with Gasteiger partial charge in [-0.15, -0.1) is 21.5 Å². The molecule has 1 saturated heterocycles. The number of aryl methyl sites for hydroxylation is 1. The number of hydrogen-bond acceptors (Lipinski definition) is 6. The lowest BCUT2D eigenvalue weighted by Gasteiger charge is -2.48. The molecule has 1 spiro atoms. The van der Waals surface area contributed by atoms with Crippen LogP contribution in [0.5, 0.6) is 0 Å². The number of hydrogen-bond donors (Lipinski definition) is 0. The predicted octanol–water partition coefficient (Wildman–Crippen LogP) is 2.18. The molecule has 0 saturated carbocycles. The Balaban J connectivity index is 1.42. The van der Waals surface area contributed by atoms with Crippen molar-refractivity contribution in [3.05, 3.63) is 41.3 Å². The van der Waals surface area contributed by atoms with Gasteiger partial charge in [-0.2, -0.15) is 5.10 Å². The van der Waals surface area contributed by atoms with E-state index >= 15 is 0 Å².